The van der Waals surface area contributed by atoms with E-state index in [-0.39, 0.29) is 30.5 Å². The second-order valence-electron chi connectivity index (χ2n) is 10.6. The minimum absolute atomic E-state index is 0.0423. The van der Waals surface area contributed by atoms with Crippen LogP contribution in [-0.2, 0) is 30.0 Å². The van der Waals surface area contributed by atoms with Crippen LogP contribution in [0.25, 0.3) is 10.4 Å². The molecule has 1 saturated heterocycles. The quantitative estimate of drug-likeness (QED) is 0.0652. The molecule has 2 aromatic carbocycles. The first-order chi connectivity index (χ1) is 21.4. The van der Waals surface area contributed by atoms with Crippen LogP contribution in [0.4, 0.5) is 5.82 Å². The third kappa shape index (κ3) is 8.47. The predicted octanol–water partition coefficient (Wildman–Crippen LogP) is 3.03. The molecule has 17 heteroatoms. The molecule has 3 aromatic rings. The summed E-state index contributed by atoms with van der Waals surface area (Å²) in [6.45, 7) is 2.70. The maximum absolute atomic E-state index is 14.3. The zero-order valence-electron chi connectivity index (χ0n) is 24.4. The maximum Gasteiger partial charge on any atom is 0.459 e. The van der Waals surface area contributed by atoms with Crippen molar-refractivity contribution in [3.05, 3.63) is 99.4 Å². The summed E-state index contributed by atoms with van der Waals surface area (Å²) in [4.78, 5) is 31.9. The number of nitrogen functional groups attached to an aromatic ring is 1. The molecule has 0 spiro atoms. The Hall–Kier alpha value is -4.27. The summed E-state index contributed by atoms with van der Waals surface area (Å²) in [5.74, 6) is -0.815. The number of nitrogens with two attached hydrogens (primary N) is 1. The lowest BCUT2D eigenvalue weighted by atomic mass is 10.1. The van der Waals surface area contributed by atoms with Crippen molar-refractivity contribution < 1.29 is 38.1 Å². The minimum atomic E-state index is -4.58. The lowest BCUT2D eigenvalue weighted by Crippen LogP contribution is -2.46. The number of benzene rings is 2. The Morgan fingerprint density at radius 2 is 1.87 bits per heavy atom. The van der Waals surface area contributed by atoms with E-state index in [9.17, 15) is 29.9 Å². The Kier molecular flexibility index (Phi) is 11.0. The van der Waals surface area contributed by atoms with E-state index in [1.54, 1.807) is 42.5 Å². The number of para-hydroxylation sites is 1. The Bertz CT molecular complexity index is 1600. The first-order valence-corrected chi connectivity index (χ1v) is 15.4. The fourth-order valence-corrected chi connectivity index (χ4v) is 6.03. The van der Waals surface area contributed by atoms with Crippen LogP contribution >= 0.6 is 7.75 Å². The van der Waals surface area contributed by atoms with Crippen LogP contribution in [0.2, 0.25) is 0 Å². The van der Waals surface area contributed by atoms with E-state index in [0.29, 0.717) is 0 Å². The molecule has 0 radical (unpaired) electrons. The van der Waals surface area contributed by atoms with Gasteiger partial charge in [-0.05, 0) is 41.6 Å². The number of hydrogen-bond donors (Lipinski definition) is 4. The molecule has 2 heterocycles. The first-order valence-electron chi connectivity index (χ1n) is 13.9. The van der Waals surface area contributed by atoms with Gasteiger partial charge >= 0.3 is 19.4 Å². The lowest BCUT2D eigenvalue weighted by molar-refractivity contribution is -0.147. The highest BCUT2D eigenvalue weighted by Crippen LogP contribution is 2.48. The van der Waals surface area contributed by atoms with Gasteiger partial charge in [-0.25, -0.2) is 9.36 Å². The van der Waals surface area contributed by atoms with Gasteiger partial charge in [-0.15, -0.1) is 0 Å². The zero-order valence-corrected chi connectivity index (χ0v) is 25.3. The monoisotopic (exact) mass is 643 g/mol. The van der Waals surface area contributed by atoms with Crippen molar-refractivity contribution in [2.75, 3.05) is 12.3 Å². The molecule has 1 fully saturated rings. The van der Waals surface area contributed by atoms with Gasteiger partial charge in [0.2, 0.25) is 5.72 Å². The van der Waals surface area contributed by atoms with Crippen LogP contribution in [0.1, 0.15) is 32.1 Å². The van der Waals surface area contributed by atoms with E-state index >= 15 is 0 Å². The number of nitrogens with one attached hydrogen (secondary N) is 1. The molecule has 16 nitrogen and oxygen atoms in total. The number of carbonyl (C=O) groups excluding carboxylic acids is 1. The average molecular weight is 644 g/mol. The summed E-state index contributed by atoms with van der Waals surface area (Å²) in [5, 5.41) is 27.9. The molecule has 5 N–H and O–H groups in total. The number of ether oxygens (including phenoxy) is 2. The number of esters is 1. The number of azide groups is 1. The standard InChI is InChI=1S/C28H34N7O9P/c1-18(2)15-21(26(38)41-16-19-9-5-3-6-10-19)32-45(40,44-20-11-7-4-8-12-20)42-17-28(33-34-30)24(37)23(36)25(43-28)35-14-13-22(29)31-27(35)39/h3-14,18,21,23-25,36-37H,15-17H2,1-2H3,(H,32,40)(H2,29,31,39)/t21-,23-,24+,25-,28-,45?/m1/s1. The Morgan fingerprint density at radius 1 is 1.20 bits per heavy atom. The van der Waals surface area contributed by atoms with Crippen LogP contribution in [0.3, 0.4) is 0 Å². The van der Waals surface area contributed by atoms with Gasteiger partial charge in [0.25, 0.3) is 0 Å². The molecular formula is C28H34N7O9P. The molecule has 1 aromatic heterocycles. The van der Waals surface area contributed by atoms with Gasteiger partial charge in [0.05, 0.1) is 6.61 Å². The van der Waals surface area contributed by atoms with Crippen molar-refractivity contribution in [1.29, 1.82) is 0 Å². The second kappa shape index (κ2) is 14.7. The Labute approximate surface area is 257 Å². The number of aliphatic hydroxyl groups is 2. The number of nitrogens with zero attached hydrogens (tertiary/aromatic N) is 5. The van der Waals surface area contributed by atoms with Crippen LogP contribution < -0.4 is 21.0 Å². The van der Waals surface area contributed by atoms with Crippen LogP contribution in [-0.4, -0.2) is 56.3 Å². The summed E-state index contributed by atoms with van der Waals surface area (Å²) < 4.78 is 37.7. The molecule has 240 valence electrons. The molecule has 0 saturated carbocycles. The van der Waals surface area contributed by atoms with Gasteiger partial charge in [0, 0.05) is 11.1 Å². The third-order valence-electron chi connectivity index (χ3n) is 6.68. The summed E-state index contributed by atoms with van der Waals surface area (Å²) in [5.41, 5.74) is 12.3. The normalized spacial score (nSPS) is 23.1. The van der Waals surface area contributed by atoms with Gasteiger partial charge in [0.1, 0.15) is 36.4 Å². The topological polar surface area (TPSA) is 233 Å². The van der Waals surface area contributed by atoms with Gasteiger partial charge < -0.3 is 29.9 Å². The second-order valence-corrected chi connectivity index (χ2v) is 12.3. The van der Waals surface area contributed by atoms with Crippen LogP contribution in [0, 0.1) is 5.92 Å². The molecular weight excluding hydrogens is 609 g/mol. The third-order valence-corrected chi connectivity index (χ3v) is 8.23. The molecule has 0 bridgehead atoms. The van der Waals surface area contributed by atoms with E-state index in [2.05, 4.69) is 20.1 Å². The molecule has 6 atom stereocenters. The zero-order chi connectivity index (χ0) is 32.6. The van der Waals surface area contributed by atoms with Crippen molar-refractivity contribution in [2.45, 2.75) is 57.1 Å². The van der Waals surface area contributed by atoms with E-state index in [4.69, 9.17) is 24.3 Å². The smallest absolute Gasteiger partial charge is 0.459 e. The van der Waals surface area contributed by atoms with E-state index < -0.39 is 56.2 Å². The highest BCUT2D eigenvalue weighted by molar-refractivity contribution is 7.52. The Balaban J connectivity index is 1.62. The van der Waals surface area contributed by atoms with Crippen LogP contribution in [0.15, 0.2) is 82.8 Å². The van der Waals surface area contributed by atoms with Crippen molar-refractivity contribution in [1.82, 2.24) is 14.6 Å². The fraction of sp³-hybridized carbons (Fsp3) is 0.393. The molecule has 45 heavy (non-hydrogen) atoms. The van der Waals surface area contributed by atoms with Crippen LogP contribution in [0.5, 0.6) is 5.75 Å². The summed E-state index contributed by atoms with van der Waals surface area (Å²) in [7, 11) is -4.58. The summed E-state index contributed by atoms with van der Waals surface area (Å²) in [6.07, 6.45) is -4.07. The van der Waals surface area contributed by atoms with Gasteiger partial charge in [-0.1, -0.05) is 67.5 Å². The lowest BCUT2D eigenvalue weighted by Gasteiger charge is -2.30. The number of aliphatic hydroxyl groups excluding tert-OH is 2. The Morgan fingerprint density at radius 3 is 2.49 bits per heavy atom. The van der Waals surface area contributed by atoms with Crippen molar-refractivity contribution in [2.24, 2.45) is 11.0 Å². The molecule has 1 aliphatic heterocycles. The number of anilines is 1. The first kappa shape index (κ1) is 33.6. The number of hydrogen-bond acceptors (Lipinski definition) is 12. The molecule has 0 amide bonds. The van der Waals surface area contributed by atoms with E-state index in [0.717, 1.165) is 10.1 Å². The van der Waals surface area contributed by atoms with Crippen molar-refractivity contribution in [3.8, 4) is 5.75 Å². The minimum Gasteiger partial charge on any atom is -0.460 e. The number of rotatable bonds is 14. The van der Waals surface area contributed by atoms with Crippen molar-refractivity contribution >= 4 is 19.5 Å². The van der Waals surface area contributed by atoms with Gasteiger partial charge in [-0.3, -0.25) is 13.9 Å². The summed E-state index contributed by atoms with van der Waals surface area (Å²) in [6, 6.07) is 17.0. The van der Waals surface area contributed by atoms with Gasteiger partial charge in [0.15, 0.2) is 6.23 Å². The average Bonchev–Trinajstić information content (AvgIpc) is 3.25. The number of carbonyl (C=O) groups is 1. The fourth-order valence-electron chi connectivity index (χ4n) is 4.50. The highest BCUT2D eigenvalue weighted by Gasteiger charge is 2.56. The maximum atomic E-state index is 14.3. The van der Waals surface area contributed by atoms with Crippen molar-refractivity contribution in [3.63, 3.8) is 0 Å². The SMILES string of the molecule is CC(C)C[C@@H](NP(=O)(OC[C@@]1(N=[N+]=[N-])O[C@@H](n2ccc(N)nc2=O)[C@H](O)[C@@H]1O)Oc1ccccc1)C(=O)OCc1ccccc1. The van der Waals surface area contributed by atoms with E-state index in [1.807, 2.05) is 19.9 Å². The molecule has 1 unspecified atom stereocenters. The summed E-state index contributed by atoms with van der Waals surface area (Å²) >= 11 is 0. The van der Waals surface area contributed by atoms with Gasteiger partial charge in [-0.2, -0.15) is 10.1 Å². The number of aromatic nitrogens is 2. The molecule has 0 aliphatic carbocycles. The molecule has 4 rings (SSSR count). The van der Waals surface area contributed by atoms with E-state index in [1.165, 1.54) is 24.4 Å². The molecule has 1 aliphatic rings. The largest absolute Gasteiger partial charge is 0.460 e. The predicted molar refractivity (Wildman–Crippen MR) is 160 cm³/mol. The highest BCUT2D eigenvalue weighted by atomic mass is 31.2.